The van der Waals surface area contributed by atoms with Crippen molar-refractivity contribution in [3.8, 4) is 0 Å². The second kappa shape index (κ2) is 6.94. The summed E-state index contributed by atoms with van der Waals surface area (Å²) in [5.74, 6) is 0. The molecule has 0 unspecified atom stereocenters. The van der Waals surface area contributed by atoms with E-state index in [1.165, 1.54) is 31.3 Å². The Hall–Kier alpha value is 0.363. The van der Waals surface area contributed by atoms with Gasteiger partial charge in [0, 0.05) is 26.2 Å². The first-order valence-electron chi connectivity index (χ1n) is 6.55. The van der Waals surface area contributed by atoms with Crippen LogP contribution in [0.1, 0.15) is 66.7 Å². The molecule has 0 atom stereocenters. The van der Waals surface area contributed by atoms with Crippen LogP contribution in [0.15, 0.2) is 16.7 Å². The van der Waals surface area contributed by atoms with E-state index in [2.05, 4.69) is 40.7 Å². The van der Waals surface area contributed by atoms with Gasteiger partial charge in [-0.3, -0.25) is 6.08 Å². The molecule has 1 rings (SSSR count). The smallest absolute Gasteiger partial charge is 0 e. The Balaban J connectivity index is 0.00000225. The maximum atomic E-state index is 3.80. The molecule has 0 radical (unpaired) electrons. The maximum absolute atomic E-state index is 3.80. The van der Waals surface area contributed by atoms with Gasteiger partial charge in [0.2, 0.25) is 0 Å². The van der Waals surface area contributed by atoms with Crippen LogP contribution >= 0.6 is 0 Å². The largest absolute Gasteiger partial charge is 0.262 e. The third kappa shape index (κ3) is 2.61. The van der Waals surface area contributed by atoms with Crippen molar-refractivity contribution in [2.24, 2.45) is 5.41 Å². The van der Waals surface area contributed by atoms with E-state index < -0.39 is 0 Å². The first-order chi connectivity index (χ1) is 7.18. The minimum absolute atomic E-state index is 0. The van der Waals surface area contributed by atoms with Crippen LogP contribution in [0, 0.1) is 11.5 Å². The summed E-state index contributed by atoms with van der Waals surface area (Å²) >= 11 is 0. The molecule has 0 fully saturated rings. The van der Waals surface area contributed by atoms with Gasteiger partial charge in [0.05, 0.1) is 0 Å². The average molecular weight is 297 g/mol. The van der Waals surface area contributed by atoms with Crippen molar-refractivity contribution < 1.29 is 26.2 Å². The van der Waals surface area contributed by atoms with E-state index >= 15 is 0 Å². The van der Waals surface area contributed by atoms with Gasteiger partial charge >= 0.3 is 0 Å². The van der Waals surface area contributed by atoms with Gasteiger partial charge in [-0.15, -0.1) is 0 Å². The van der Waals surface area contributed by atoms with Crippen LogP contribution in [-0.2, 0) is 26.2 Å². The molecule has 0 aromatic heterocycles. The molecule has 0 aliphatic heterocycles. The molecule has 90 valence electrons. The van der Waals surface area contributed by atoms with Crippen molar-refractivity contribution in [1.29, 1.82) is 0 Å². The minimum Gasteiger partial charge on any atom is -0.262 e. The normalized spacial score (nSPS) is 18.4. The monoisotopic (exact) mass is 295 g/mol. The third-order valence-electron chi connectivity index (χ3n) is 3.96. The van der Waals surface area contributed by atoms with Gasteiger partial charge in [-0.05, 0) is 0 Å². The van der Waals surface area contributed by atoms with Gasteiger partial charge in [0.1, 0.15) is 0 Å². The summed E-state index contributed by atoms with van der Waals surface area (Å²) in [5.41, 5.74) is 5.07. The van der Waals surface area contributed by atoms with E-state index in [0.717, 1.165) is 6.42 Å². The van der Waals surface area contributed by atoms with Crippen molar-refractivity contribution in [2.45, 2.75) is 66.7 Å². The maximum Gasteiger partial charge on any atom is 0 e. The van der Waals surface area contributed by atoms with Crippen molar-refractivity contribution in [3.63, 3.8) is 0 Å². The quantitative estimate of drug-likeness (QED) is 0.622. The summed E-state index contributed by atoms with van der Waals surface area (Å²) in [6.45, 7) is 11.4. The molecule has 0 amide bonds. The van der Waals surface area contributed by atoms with E-state index in [-0.39, 0.29) is 31.6 Å². The zero-order chi connectivity index (χ0) is 11.5. The molecule has 1 aliphatic carbocycles. The van der Waals surface area contributed by atoms with Gasteiger partial charge in [-0.25, -0.2) is 5.57 Å². The molecule has 0 aromatic rings. The fraction of sp³-hybridized carbons (Fsp3) is 0.733. The van der Waals surface area contributed by atoms with E-state index in [1.54, 1.807) is 11.1 Å². The first-order valence-corrected chi connectivity index (χ1v) is 6.55. The SMILES string of the molecule is CCC1=[C-]C(CC)(CC)C(CC)=C1CC.[Zr]. The predicted molar refractivity (Wildman–Crippen MR) is 67.7 cm³/mol. The summed E-state index contributed by atoms with van der Waals surface area (Å²) in [5, 5.41) is 0. The van der Waals surface area contributed by atoms with Gasteiger partial charge < -0.3 is 0 Å². The molecule has 1 aliphatic rings. The minimum atomic E-state index is 0. The molecule has 16 heavy (non-hydrogen) atoms. The second-order valence-electron chi connectivity index (χ2n) is 4.41. The molecular weight excluding hydrogens is 271 g/mol. The molecule has 0 nitrogen and oxygen atoms in total. The van der Waals surface area contributed by atoms with Gasteiger partial charge in [-0.2, -0.15) is 11.1 Å². The molecular formula is C15H25Zr-. The standard InChI is InChI=1S/C15H25.Zr/c1-6-12-11-15(9-4,10-5)14(8-3)13(12)7-2;/h6-10H2,1-5H3;/q-1;. The molecule has 0 saturated heterocycles. The Bertz CT molecular complexity index is 280. The Morgan fingerprint density at radius 1 is 0.875 bits per heavy atom. The fourth-order valence-corrected chi connectivity index (χ4v) is 3.04. The zero-order valence-electron chi connectivity index (χ0n) is 11.5. The van der Waals surface area contributed by atoms with Crippen LogP contribution < -0.4 is 0 Å². The molecule has 0 bridgehead atoms. The van der Waals surface area contributed by atoms with Crippen LogP contribution in [0.5, 0.6) is 0 Å². The molecule has 1 heteroatoms. The van der Waals surface area contributed by atoms with Crippen LogP contribution in [0.25, 0.3) is 0 Å². The molecule has 0 spiro atoms. The van der Waals surface area contributed by atoms with E-state index in [4.69, 9.17) is 0 Å². The van der Waals surface area contributed by atoms with Crippen LogP contribution in [0.4, 0.5) is 0 Å². The van der Waals surface area contributed by atoms with Crippen molar-refractivity contribution in [3.05, 3.63) is 22.8 Å². The van der Waals surface area contributed by atoms with Gasteiger partial charge in [0.25, 0.3) is 0 Å². The summed E-state index contributed by atoms with van der Waals surface area (Å²) in [6.07, 6.45) is 9.74. The zero-order valence-corrected chi connectivity index (χ0v) is 14.0. The third-order valence-corrected chi connectivity index (χ3v) is 3.96. The summed E-state index contributed by atoms with van der Waals surface area (Å²) < 4.78 is 0. The number of allylic oxidation sites excluding steroid dienone is 4. The van der Waals surface area contributed by atoms with E-state index in [1.807, 2.05) is 0 Å². The Morgan fingerprint density at radius 2 is 1.44 bits per heavy atom. The van der Waals surface area contributed by atoms with Gasteiger partial charge in [-0.1, -0.05) is 72.1 Å². The molecule has 0 saturated carbocycles. The van der Waals surface area contributed by atoms with Crippen LogP contribution in [-0.4, -0.2) is 0 Å². The summed E-state index contributed by atoms with van der Waals surface area (Å²) in [7, 11) is 0. The van der Waals surface area contributed by atoms with Crippen LogP contribution in [0.2, 0.25) is 0 Å². The van der Waals surface area contributed by atoms with Gasteiger partial charge in [0.15, 0.2) is 0 Å². The number of hydrogen-bond acceptors (Lipinski definition) is 0. The Kier molecular flexibility index (Phi) is 7.10. The Labute approximate surface area is 121 Å². The van der Waals surface area contributed by atoms with Crippen LogP contribution in [0.3, 0.4) is 0 Å². The molecule has 0 heterocycles. The molecule has 0 aromatic carbocycles. The number of rotatable bonds is 5. The van der Waals surface area contributed by atoms with Crippen molar-refractivity contribution in [2.75, 3.05) is 0 Å². The van der Waals surface area contributed by atoms with E-state index in [9.17, 15) is 0 Å². The average Bonchev–Trinajstić information content (AvgIpc) is 2.62. The fourth-order valence-electron chi connectivity index (χ4n) is 3.04. The summed E-state index contributed by atoms with van der Waals surface area (Å²) in [6, 6.07) is 0. The molecule has 0 N–H and O–H groups in total. The van der Waals surface area contributed by atoms with Crippen molar-refractivity contribution >= 4 is 0 Å². The first kappa shape index (κ1) is 16.4. The number of hydrogen-bond donors (Lipinski definition) is 0. The van der Waals surface area contributed by atoms with Crippen molar-refractivity contribution in [1.82, 2.24) is 0 Å². The van der Waals surface area contributed by atoms with E-state index in [0.29, 0.717) is 0 Å². The predicted octanol–water partition coefficient (Wildman–Crippen LogP) is 5.06. The second-order valence-corrected chi connectivity index (χ2v) is 4.41. The topological polar surface area (TPSA) is 0 Å². The summed E-state index contributed by atoms with van der Waals surface area (Å²) in [4.78, 5) is 0. The Morgan fingerprint density at radius 3 is 1.75 bits per heavy atom.